The Hall–Kier alpha value is -1.66. The number of rotatable bonds is 10. The molecule has 22 heavy (non-hydrogen) atoms. The molecule has 1 aromatic heterocycles. The lowest BCUT2D eigenvalue weighted by molar-refractivity contribution is 0.0947. The second kappa shape index (κ2) is 10.1. The summed E-state index contributed by atoms with van der Waals surface area (Å²) < 4.78 is 0. The highest BCUT2D eigenvalue weighted by molar-refractivity contribution is 5.92. The average Bonchev–Trinajstić information content (AvgIpc) is 2.48. The minimum absolute atomic E-state index is 0.113. The Bertz CT molecular complexity index is 431. The van der Waals surface area contributed by atoms with Crippen LogP contribution in [0.2, 0.25) is 0 Å². The maximum absolute atomic E-state index is 11.9. The van der Waals surface area contributed by atoms with Crippen LogP contribution < -0.4 is 10.6 Å². The fourth-order valence-electron chi connectivity index (χ4n) is 1.95. The molecule has 0 spiro atoms. The summed E-state index contributed by atoms with van der Waals surface area (Å²) in [5, 5.41) is 6.19. The van der Waals surface area contributed by atoms with Gasteiger partial charge < -0.3 is 20.4 Å². The van der Waals surface area contributed by atoms with Gasteiger partial charge in [0.25, 0.3) is 5.91 Å². The van der Waals surface area contributed by atoms with Crippen LogP contribution in [0, 0.1) is 0 Å². The van der Waals surface area contributed by atoms with Crippen LogP contribution in [0.4, 0.5) is 5.69 Å². The SMILES string of the molecule is CN(C)CCCNC(=O)c1ccc(NCCCN(C)C)cn1. The molecule has 0 unspecified atom stereocenters. The lowest BCUT2D eigenvalue weighted by atomic mass is 10.3. The molecule has 0 atom stereocenters. The van der Waals surface area contributed by atoms with Crippen LogP contribution in [0.3, 0.4) is 0 Å². The molecule has 0 saturated heterocycles. The van der Waals surface area contributed by atoms with E-state index in [0.717, 1.165) is 38.2 Å². The third-order valence-electron chi connectivity index (χ3n) is 3.18. The Balaban J connectivity index is 2.29. The first-order valence-electron chi connectivity index (χ1n) is 7.76. The number of pyridine rings is 1. The number of nitrogens with zero attached hydrogens (tertiary/aromatic N) is 3. The van der Waals surface area contributed by atoms with E-state index < -0.39 is 0 Å². The summed E-state index contributed by atoms with van der Waals surface area (Å²) in [5.41, 5.74) is 1.41. The van der Waals surface area contributed by atoms with E-state index in [-0.39, 0.29) is 5.91 Å². The van der Waals surface area contributed by atoms with Gasteiger partial charge in [0, 0.05) is 13.1 Å². The van der Waals surface area contributed by atoms with E-state index in [2.05, 4.69) is 39.5 Å². The van der Waals surface area contributed by atoms with Crippen molar-refractivity contribution in [1.29, 1.82) is 0 Å². The van der Waals surface area contributed by atoms with Gasteiger partial charge in [-0.15, -0.1) is 0 Å². The molecule has 6 heteroatoms. The van der Waals surface area contributed by atoms with Gasteiger partial charge >= 0.3 is 0 Å². The van der Waals surface area contributed by atoms with Crippen LogP contribution in [0.1, 0.15) is 23.3 Å². The lowest BCUT2D eigenvalue weighted by Gasteiger charge is -2.11. The molecule has 2 N–H and O–H groups in total. The Labute approximate surface area is 133 Å². The second-order valence-electron chi connectivity index (χ2n) is 5.93. The van der Waals surface area contributed by atoms with E-state index in [9.17, 15) is 4.79 Å². The van der Waals surface area contributed by atoms with Crippen molar-refractivity contribution in [3.63, 3.8) is 0 Å². The average molecular weight is 307 g/mol. The molecule has 0 saturated carbocycles. The molecule has 0 aliphatic carbocycles. The molecule has 0 aliphatic rings. The first-order valence-corrected chi connectivity index (χ1v) is 7.76. The fraction of sp³-hybridized carbons (Fsp3) is 0.625. The number of aromatic nitrogens is 1. The van der Waals surface area contributed by atoms with Crippen molar-refractivity contribution in [1.82, 2.24) is 20.1 Å². The van der Waals surface area contributed by atoms with Crippen molar-refractivity contribution >= 4 is 11.6 Å². The monoisotopic (exact) mass is 307 g/mol. The molecule has 0 radical (unpaired) electrons. The number of nitrogens with one attached hydrogen (secondary N) is 2. The predicted molar refractivity (Wildman–Crippen MR) is 91.4 cm³/mol. The molecular weight excluding hydrogens is 278 g/mol. The van der Waals surface area contributed by atoms with Gasteiger partial charge in [-0.3, -0.25) is 4.79 Å². The maximum atomic E-state index is 11.9. The summed E-state index contributed by atoms with van der Waals surface area (Å²) in [4.78, 5) is 20.4. The van der Waals surface area contributed by atoms with Crippen molar-refractivity contribution < 1.29 is 4.79 Å². The summed E-state index contributed by atoms with van der Waals surface area (Å²) in [6.07, 6.45) is 3.72. The minimum Gasteiger partial charge on any atom is -0.384 e. The van der Waals surface area contributed by atoms with Crippen molar-refractivity contribution in [3.05, 3.63) is 24.0 Å². The van der Waals surface area contributed by atoms with E-state index in [1.54, 1.807) is 12.3 Å². The molecular formula is C16H29N5O. The number of hydrogen-bond donors (Lipinski definition) is 2. The summed E-state index contributed by atoms with van der Waals surface area (Å²) >= 11 is 0. The van der Waals surface area contributed by atoms with Crippen LogP contribution in [-0.4, -0.2) is 75.1 Å². The highest BCUT2D eigenvalue weighted by Crippen LogP contribution is 2.06. The van der Waals surface area contributed by atoms with Gasteiger partial charge in [0.15, 0.2) is 0 Å². The van der Waals surface area contributed by atoms with Gasteiger partial charge in [-0.25, -0.2) is 4.98 Å². The third kappa shape index (κ3) is 7.95. The third-order valence-corrected chi connectivity index (χ3v) is 3.18. The number of amides is 1. The number of anilines is 1. The van der Waals surface area contributed by atoms with Crippen LogP contribution >= 0.6 is 0 Å². The highest BCUT2D eigenvalue weighted by atomic mass is 16.1. The summed E-state index contributed by atoms with van der Waals surface area (Å²) in [6.45, 7) is 3.58. The van der Waals surface area contributed by atoms with Crippen LogP contribution in [-0.2, 0) is 0 Å². The van der Waals surface area contributed by atoms with Crippen molar-refractivity contribution in [2.75, 3.05) is 59.7 Å². The predicted octanol–water partition coefficient (Wildman–Crippen LogP) is 1.13. The molecule has 1 amide bonds. The second-order valence-corrected chi connectivity index (χ2v) is 5.93. The number of carbonyl (C=O) groups excluding carboxylic acids is 1. The standard InChI is InChI=1S/C16H29N5O/c1-20(2)11-5-9-17-14-7-8-15(19-13-14)16(22)18-10-6-12-21(3)4/h7-8,13,17H,5-6,9-12H2,1-4H3,(H,18,22). The zero-order valence-electron chi connectivity index (χ0n) is 14.2. The number of hydrogen-bond acceptors (Lipinski definition) is 5. The molecule has 1 heterocycles. The Kier molecular flexibility index (Phi) is 8.47. The zero-order chi connectivity index (χ0) is 16.4. The smallest absolute Gasteiger partial charge is 0.269 e. The zero-order valence-corrected chi connectivity index (χ0v) is 14.2. The van der Waals surface area contributed by atoms with Gasteiger partial charge in [-0.1, -0.05) is 0 Å². The summed E-state index contributed by atoms with van der Waals surface area (Å²) in [7, 11) is 8.17. The Morgan fingerprint density at radius 1 is 1.05 bits per heavy atom. The van der Waals surface area contributed by atoms with Crippen molar-refractivity contribution in [2.24, 2.45) is 0 Å². The normalized spacial score (nSPS) is 11.0. The lowest BCUT2D eigenvalue weighted by Crippen LogP contribution is -2.27. The molecule has 0 aromatic carbocycles. The van der Waals surface area contributed by atoms with Crippen molar-refractivity contribution in [3.8, 4) is 0 Å². The van der Waals surface area contributed by atoms with Crippen LogP contribution in [0.15, 0.2) is 18.3 Å². The van der Waals surface area contributed by atoms with E-state index >= 15 is 0 Å². The Morgan fingerprint density at radius 3 is 2.23 bits per heavy atom. The fourth-order valence-corrected chi connectivity index (χ4v) is 1.95. The molecule has 1 rings (SSSR count). The topological polar surface area (TPSA) is 60.5 Å². The first kappa shape index (κ1) is 18.4. The minimum atomic E-state index is -0.113. The van der Waals surface area contributed by atoms with E-state index in [0.29, 0.717) is 12.2 Å². The van der Waals surface area contributed by atoms with Gasteiger partial charge in [-0.2, -0.15) is 0 Å². The number of carbonyl (C=O) groups is 1. The van der Waals surface area contributed by atoms with Crippen LogP contribution in [0.25, 0.3) is 0 Å². The maximum Gasteiger partial charge on any atom is 0.269 e. The summed E-state index contributed by atoms with van der Waals surface area (Å²) in [6, 6.07) is 3.66. The molecule has 0 bridgehead atoms. The molecule has 6 nitrogen and oxygen atoms in total. The van der Waals surface area contributed by atoms with Gasteiger partial charge in [-0.05, 0) is 66.3 Å². The van der Waals surface area contributed by atoms with Gasteiger partial charge in [0.05, 0.1) is 11.9 Å². The van der Waals surface area contributed by atoms with E-state index in [1.807, 2.05) is 20.2 Å². The summed E-state index contributed by atoms with van der Waals surface area (Å²) in [5.74, 6) is -0.113. The quantitative estimate of drug-likeness (QED) is 0.635. The van der Waals surface area contributed by atoms with Crippen molar-refractivity contribution in [2.45, 2.75) is 12.8 Å². The molecule has 124 valence electrons. The van der Waals surface area contributed by atoms with Gasteiger partial charge in [0.1, 0.15) is 5.69 Å². The van der Waals surface area contributed by atoms with Crippen LogP contribution in [0.5, 0.6) is 0 Å². The largest absolute Gasteiger partial charge is 0.384 e. The van der Waals surface area contributed by atoms with E-state index in [4.69, 9.17) is 0 Å². The van der Waals surface area contributed by atoms with E-state index in [1.165, 1.54) is 0 Å². The molecule has 0 aliphatic heterocycles. The molecule has 1 aromatic rings. The Morgan fingerprint density at radius 2 is 1.68 bits per heavy atom. The first-order chi connectivity index (χ1) is 10.5. The highest BCUT2D eigenvalue weighted by Gasteiger charge is 2.06. The molecule has 0 fully saturated rings. The van der Waals surface area contributed by atoms with Gasteiger partial charge in [0.2, 0.25) is 0 Å².